The van der Waals surface area contributed by atoms with Crippen LogP contribution in [0.2, 0.25) is 0 Å². The van der Waals surface area contributed by atoms with Crippen LogP contribution in [0, 0.1) is 0 Å². The maximum atomic E-state index is 12.3. The highest BCUT2D eigenvalue weighted by atomic mass is 16.7. The summed E-state index contributed by atoms with van der Waals surface area (Å²) < 4.78 is 21.2. The average molecular weight is 667 g/mol. The summed E-state index contributed by atoms with van der Waals surface area (Å²) in [5.74, 6) is -2.09. The van der Waals surface area contributed by atoms with Crippen molar-refractivity contribution < 1.29 is 74.2 Å². The lowest BCUT2D eigenvalue weighted by Gasteiger charge is -2.39. The van der Waals surface area contributed by atoms with Gasteiger partial charge in [0, 0.05) is 26.0 Å². The Balaban J connectivity index is 1.53. The summed E-state index contributed by atoms with van der Waals surface area (Å²) in [6, 6.07) is -0.661. The zero-order valence-electron chi connectivity index (χ0n) is 26.0. The number of carbonyl (C=O) groups excluding carboxylic acids is 3. The predicted molar refractivity (Wildman–Crippen MR) is 157 cm³/mol. The Kier molecular flexibility index (Phi) is 17.9. The van der Waals surface area contributed by atoms with E-state index in [2.05, 4.69) is 10.6 Å². The van der Waals surface area contributed by atoms with Crippen LogP contribution in [-0.2, 0) is 33.3 Å². The van der Waals surface area contributed by atoms with Crippen LogP contribution in [0.5, 0.6) is 0 Å². The fourth-order valence-electron chi connectivity index (χ4n) is 4.81. The Labute approximate surface area is 267 Å². The topological polar surface area (TPSA) is 274 Å². The third-order valence-electron chi connectivity index (χ3n) is 7.66. The molecule has 266 valence electrons. The number of Topliss-reactive ketones (excluding diaryl/α,β-unsaturated/α-hetero) is 1. The van der Waals surface area contributed by atoms with E-state index >= 15 is 0 Å². The van der Waals surface area contributed by atoms with Crippen molar-refractivity contribution in [2.75, 3.05) is 33.0 Å². The van der Waals surface area contributed by atoms with Crippen molar-refractivity contribution >= 4 is 17.6 Å². The van der Waals surface area contributed by atoms with E-state index in [-0.39, 0.29) is 43.7 Å². The molecule has 46 heavy (non-hydrogen) atoms. The minimum Gasteiger partial charge on any atom is -0.506 e. The molecule has 1 fully saturated rings. The smallest absolute Gasteiger partial charge is 0.220 e. The van der Waals surface area contributed by atoms with Crippen molar-refractivity contribution in [2.24, 2.45) is 0 Å². The lowest BCUT2D eigenvalue weighted by molar-refractivity contribution is -0.301. The van der Waals surface area contributed by atoms with Gasteiger partial charge in [0.1, 0.15) is 36.6 Å². The third-order valence-corrected chi connectivity index (χ3v) is 7.66. The number of rotatable bonds is 21. The molecule has 1 saturated heterocycles. The Morgan fingerprint density at radius 2 is 1.39 bits per heavy atom. The van der Waals surface area contributed by atoms with Crippen LogP contribution in [0.15, 0.2) is 11.5 Å². The number of ether oxygens (including phenoxy) is 4. The number of amides is 2. The number of ketones is 1. The fourth-order valence-corrected chi connectivity index (χ4v) is 4.81. The molecule has 0 aliphatic carbocycles. The van der Waals surface area contributed by atoms with E-state index in [4.69, 9.17) is 18.9 Å². The number of hydrogen-bond acceptors (Lipinski definition) is 15. The summed E-state index contributed by atoms with van der Waals surface area (Å²) in [7, 11) is 0. The van der Waals surface area contributed by atoms with Gasteiger partial charge in [-0.05, 0) is 51.9 Å². The molecule has 0 saturated carbocycles. The van der Waals surface area contributed by atoms with Crippen LogP contribution in [0.25, 0.3) is 0 Å². The first-order valence-corrected chi connectivity index (χ1v) is 15.6. The van der Waals surface area contributed by atoms with E-state index in [1.807, 2.05) is 0 Å². The van der Waals surface area contributed by atoms with Crippen LogP contribution in [0.4, 0.5) is 0 Å². The molecule has 2 amide bonds. The molecule has 10 N–H and O–H groups in total. The summed E-state index contributed by atoms with van der Waals surface area (Å²) in [6.45, 7) is 0.819. The Hall–Kier alpha value is -2.45. The number of aliphatic hydroxyl groups is 8. The number of aliphatic hydroxyl groups excluding tert-OH is 8. The summed E-state index contributed by atoms with van der Waals surface area (Å²) in [4.78, 5) is 36.5. The van der Waals surface area contributed by atoms with Crippen molar-refractivity contribution in [3.8, 4) is 0 Å². The van der Waals surface area contributed by atoms with Gasteiger partial charge in [-0.3, -0.25) is 14.4 Å². The zero-order chi connectivity index (χ0) is 34.2. The van der Waals surface area contributed by atoms with Gasteiger partial charge in [0.25, 0.3) is 0 Å². The maximum absolute atomic E-state index is 12.3. The van der Waals surface area contributed by atoms with E-state index in [1.54, 1.807) is 0 Å². The number of hydrogen-bond donors (Lipinski definition) is 10. The van der Waals surface area contributed by atoms with Crippen LogP contribution >= 0.6 is 0 Å². The van der Waals surface area contributed by atoms with E-state index < -0.39 is 80.0 Å². The minimum atomic E-state index is -1.57. The molecule has 0 spiro atoms. The highest BCUT2D eigenvalue weighted by Gasteiger charge is 2.44. The lowest BCUT2D eigenvalue weighted by atomic mass is 9.99. The molecule has 2 heterocycles. The van der Waals surface area contributed by atoms with Gasteiger partial charge < -0.3 is 70.4 Å². The summed E-state index contributed by atoms with van der Waals surface area (Å²) in [5, 5.41) is 82.7. The molecule has 9 unspecified atom stereocenters. The molecule has 0 aromatic heterocycles. The fraction of sp³-hybridized carbons (Fsp3) is 0.828. The van der Waals surface area contributed by atoms with Gasteiger partial charge in [0.2, 0.25) is 18.1 Å². The summed E-state index contributed by atoms with van der Waals surface area (Å²) in [5.41, 5.74) is 0. The maximum Gasteiger partial charge on any atom is 0.220 e. The van der Waals surface area contributed by atoms with E-state index in [9.17, 15) is 55.2 Å². The molecule has 2 aliphatic rings. The summed E-state index contributed by atoms with van der Waals surface area (Å²) in [6.07, 6.45) is -7.11. The van der Waals surface area contributed by atoms with Crippen molar-refractivity contribution in [1.82, 2.24) is 10.6 Å². The predicted octanol–water partition coefficient (Wildman–Crippen LogP) is -2.07. The molecule has 17 heteroatoms. The first-order valence-electron chi connectivity index (χ1n) is 15.6. The Morgan fingerprint density at radius 3 is 2.02 bits per heavy atom. The molecule has 17 nitrogen and oxygen atoms in total. The second-order valence-electron chi connectivity index (χ2n) is 11.3. The van der Waals surface area contributed by atoms with Crippen LogP contribution in [0.3, 0.4) is 0 Å². The molecule has 0 aromatic carbocycles. The van der Waals surface area contributed by atoms with Crippen molar-refractivity contribution in [3.63, 3.8) is 0 Å². The summed E-state index contributed by atoms with van der Waals surface area (Å²) >= 11 is 0. The van der Waals surface area contributed by atoms with Gasteiger partial charge in [-0.2, -0.15) is 0 Å². The lowest BCUT2D eigenvalue weighted by Crippen LogP contribution is -2.59. The molecule has 2 aliphatic heterocycles. The molecule has 2 rings (SSSR count). The van der Waals surface area contributed by atoms with E-state index in [0.717, 1.165) is 0 Å². The number of unbranched alkanes of at least 4 members (excludes halogenated alkanes) is 3. The molecule has 0 aromatic rings. The number of carbonyl (C=O) groups is 3. The van der Waals surface area contributed by atoms with Crippen LogP contribution in [-0.4, -0.2) is 147 Å². The normalized spacial score (nSPS) is 28.9. The van der Waals surface area contributed by atoms with Gasteiger partial charge in [-0.25, -0.2) is 0 Å². The van der Waals surface area contributed by atoms with Gasteiger partial charge in [-0.1, -0.05) is 0 Å². The SMILES string of the molecule is CC(=O)C(CCCCNC(=O)CCCCOC1OC(CO)C(O)C(O)C1O)NC(=O)CCCCOC1OC(CO)C(O)C(O)=C1O. The highest BCUT2D eigenvalue weighted by Crippen LogP contribution is 2.24. The van der Waals surface area contributed by atoms with Crippen molar-refractivity contribution in [1.29, 1.82) is 0 Å². The second-order valence-corrected chi connectivity index (χ2v) is 11.3. The van der Waals surface area contributed by atoms with E-state index in [1.165, 1.54) is 6.92 Å². The largest absolute Gasteiger partial charge is 0.506 e. The molecule has 0 radical (unpaired) electrons. The van der Waals surface area contributed by atoms with E-state index in [0.29, 0.717) is 51.5 Å². The minimum absolute atomic E-state index is 0.0569. The molecular formula is C29H50N2O15. The Morgan fingerprint density at radius 1 is 0.761 bits per heavy atom. The van der Waals surface area contributed by atoms with Crippen LogP contribution < -0.4 is 10.6 Å². The monoisotopic (exact) mass is 666 g/mol. The molecule has 0 bridgehead atoms. The van der Waals surface area contributed by atoms with Gasteiger partial charge in [-0.15, -0.1) is 0 Å². The van der Waals surface area contributed by atoms with Gasteiger partial charge in [0.05, 0.1) is 25.9 Å². The Bertz CT molecular complexity index is 980. The van der Waals surface area contributed by atoms with Crippen molar-refractivity contribution in [2.45, 2.75) is 120 Å². The zero-order valence-corrected chi connectivity index (χ0v) is 26.0. The number of nitrogens with one attached hydrogen (secondary N) is 2. The van der Waals surface area contributed by atoms with Crippen LogP contribution in [0.1, 0.15) is 64.7 Å². The first kappa shape index (κ1) is 39.7. The van der Waals surface area contributed by atoms with Gasteiger partial charge in [0.15, 0.2) is 23.6 Å². The quantitative estimate of drug-likeness (QED) is 0.0589. The van der Waals surface area contributed by atoms with Gasteiger partial charge >= 0.3 is 0 Å². The molecular weight excluding hydrogens is 616 g/mol. The average Bonchev–Trinajstić information content (AvgIpc) is 3.03. The third kappa shape index (κ3) is 12.6. The van der Waals surface area contributed by atoms with Crippen molar-refractivity contribution in [3.05, 3.63) is 11.5 Å². The second kappa shape index (κ2) is 20.7. The molecule has 9 atom stereocenters. The standard InChI is InChI=1S/C29H50N2O15/c1-16(34)17(31-21(36)10-4-7-13-44-29-27(42)25(40)23(38)19(15-33)46-29)8-2-5-11-30-20(35)9-3-6-12-43-28-26(41)24(39)22(37)18(14-32)45-28/h17-19,22-24,26,28-29,32-33,37-42H,2-15H2,1H3,(H,30,35)(H,31,36). The highest BCUT2D eigenvalue weighted by molar-refractivity contribution is 5.87. The first-order chi connectivity index (χ1) is 21.9.